The van der Waals surface area contributed by atoms with Gasteiger partial charge >= 0.3 is 0 Å². The zero-order valence-corrected chi connectivity index (χ0v) is 18.4. The van der Waals surface area contributed by atoms with Gasteiger partial charge in [-0.2, -0.15) is 0 Å². The maximum absolute atomic E-state index is 3.66. The minimum atomic E-state index is 1.18. The van der Waals surface area contributed by atoms with Gasteiger partial charge in [0.15, 0.2) is 0 Å². The zero-order valence-electron chi connectivity index (χ0n) is 18.4. The van der Waals surface area contributed by atoms with Crippen LogP contribution in [0.25, 0.3) is 0 Å². The van der Waals surface area contributed by atoms with Gasteiger partial charge in [-0.1, -0.05) is 26.7 Å². The Hall–Kier alpha value is -0.200. The maximum atomic E-state index is 3.66. The first-order valence-corrected chi connectivity index (χ1v) is 11.9. The Kier molecular flexibility index (Phi) is 12.6. The number of nitrogens with one attached hydrogen (secondary N) is 1. The summed E-state index contributed by atoms with van der Waals surface area (Å²) < 4.78 is 0. The Balaban J connectivity index is 1.36. The van der Waals surface area contributed by atoms with Crippen LogP contribution in [0, 0.1) is 0 Å². The predicted octanol–water partition coefficient (Wildman–Crippen LogP) is 2.19. The molecule has 160 valence electrons. The quantitative estimate of drug-likeness (QED) is 0.465. The molecule has 0 aromatic carbocycles. The predicted molar refractivity (Wildman–Crippen MR) is 118 cm³/mol. The maximum Gasteiger partial charge on any atom is 0.0110 e. The Morgan fingerprint density at radius 2 is 0.778 bits per heavy atom. The van der Waals surface area contributed by atoms with E-state index in [9.17, 15) is 0 Å². The molecule has 2 saturated heterocycles. The van der Waals surface area contributed by atoms with Crippen molar-refractivity contribution in [1.82, 2.24) is 24.9 Å². The summed E-state index contributed by atoms with van der Waals surface area (Å²) >= 11 is 0. The van der Waals surface area contributed by atoms with E-state index in [1.807, 2.05) is 0 Å². The Labute approximate surface area is 169 Å². The van der Waals surface area contributed by atoms with Crippen LogP contribution >= 0.6 is 0 Å². The third kappa shape index (κ3) is 10.2. The zero-order chi connectivity index (χ0) is 19.2. The van der Waals surface area contributed by atoms with Crippen molar-refractivity contribution in [3.63, 3.8) is 0 Å². The molecule has 5 heteroatoms. The van der Waals surface area contributed by atoms with Crippen molar-refractivity contribution in [3.8, 4) is 0 Å². The van der Waals surface area contributed by atoms with Crippen molar-refractivity contribution < 1.29 is 0 Å². The highest BCUT2D eigenvalue weighted by Gasteiger charge is 2.16. The fourth-order valence-corrected chi connectivity index (χ4v) is 4.22. The molecule has 0 unspecified atom stereocenters. The third-order valence-electron chi connectivity index (χ3n) is 6.24. The van der Waals surface area contributed by atoms with Crippen molar-refractivity contribution in [2.24, 2.45) is 0 Å². The fraction of sp³-hybridized carbons (Fsp3) is 1.00. The third-order valence-corrected chi connectivity index (χ3v) is 6.24. The van der Waals surface area contributed by atoms with Gasteiger partial charge in [0, 0.05) is 52.4 Å². The van der Waals surface area contributed by atoms with Gasteiger partial charge < -0.3 is 24.9 Å². The molecule has 2 heterocycles. The molecular formula is C22H47N5. The molecule has 2 fully saturated rings. The molecule has 2 aliphatic heterocycles. The number of rotatable bonds is 14. The average molecular weight is 382 g/mol. The van der Waals surface area contributed by atoms with Gasteiger partial charge in [-0.25, -0.2) is 0 Å². The summed E-state index contributed by atoms with van der Waals surface area (Å²) in [6.45, 7) is 22.3. The number of unbranched alkanes of at least 4 members (excludes halogenated alkanes) is 2. The van der Waals surface area contributed by atoms with Gasteiger partial charge in [-0.3, -0.25) is 0 Å². The number of hydrogen-bond acceptors (Lipinski definition) is 5. The van der Waals surface area contributed by atoms with E-state index in [1.54, 1.807) is 0 Å². The molecule has 0 aromatic heterocycles. The van der Waals surface area contributed by atoms with E-state index < -0.39 is 0 Å². The van der Waals surface area contributed by atoms with Crippen LogP contribution in [-0.4, -0.2) is 111 Å². The SMILES string of the molecule is CCCCN1CCN(CCCNCCCN2CCN(CCCC)CC2)CC1. The highest BCUT2D eigenvalue weighted by molar-refractivity contribution is 4.73. The van der Waals surface area contributed by atoms with Crippen LogP contribution in [0.5, 0.6) is 0 Å². The minimum absolute atomic E-state index is 1.18. The molecule has 0 spiro atoms. The molecular weight excluding hydrogens is 334 g/mol. The first kappa shape index (κ1) is 23.1. The van der Waals surface area contributed by atoms with E-state index in [0.29, 0.717) is 0 Å². The summed E-state index contributed by atoms with van der Waals surface area (Å²) in [6, 6.07) is 0. The molecule has 27 heavy (non-hydrogen) atoms. The second-order valence-corrected chi connectivity index (χ2v) is 8.53. The van der Waals surface area contributed by atoms with Crippen molar-refractivity contribution in [3.05, 3.63) is 0 Å². The van der Waals surface area contributed by atoms with Gasteiger partial charge in [0.25, 0.3) is 0 Å². The molecule has 0 aliphatic carbocycles. The molecule has 0 radical (unpaired) electrons. The van der Waals surface area contributed by atoms with E-state index in [1.165, 1.54) is 130 Å². The standard InChI is InChI=1S/C22H47N5/c1-3-5-11-24-15-19-26(20-16-24)13-7-9-23-10-8-14-27-21-17-25(18-22-27)12-6-4-2/h23H,3-22H2,1-2H3. The molecule has 2 aliphatic rings. The lowest BCUT2D eigenvalue weighted by atomic mass is 10.2. The van der Waals surface area contributed by atoms with Gasteiger partial charge in [-0.15, -0.1) is 0 Å². The second-order valence-electron chi connectivity index (χ2n) is 8.53. The summed E-state index contributed by atoms with van der Waals surface area (Å²) in [5, 5.41) is 3.66. The first-order chi connectivity index (χ1) is 13.3. The van der Waals surface area contributed by atoms with Crippen LogP contribution in [0.1, 0.15) is 52.4 Å². The van der Waals surface area contributed by atoms with Gasteiger partial charge in [-0.05, 0) is 65.0 Å². The summed E-state index contributed by atoms with van der Waals surface area (Å²) in [6.07, 6.45) is 7.95. The van der Waals surface area contributed by atoms with Gasteiger partial charge in [0.2, 0.25) is 0 Å². The Morgan fingerprint density at radius 3 is 1.07 bits per heavy atom. The normalized spacial score (nSPS) is 21.1. The van der Waals surface area contributed by atoms with Crippen molar-refractivity contribution in [2.75, 3.05) is 91.6 Å². The van der Waals surface area contributed by atoms with E-state index in [-0.39, 0.29) is 0 Å². The molecule has 0 amide bonds. The van der Waals surface area contributed by atoms with E-state index in [0.717, 1.165) is 0 Å². The first-order valence-electron chi connectivity index (χ1n) is 11.9. The van der Waals surface area contributed by atoms with Gasteiger partial charge in [0.1, 0.15) is 0 Å². The number of piperazine rings is 2. The van der Waals surface area contributed by atoms with Crippen LogP contribution < -0.4 is 5.32 Å². The van der Waals surface area contributed by atoms with E-state index in [4.69, 9.17) is 0 Å². The van der Waals surface area contributed by atoms with E-state index >= 15 is 0 Å². The van der Waals surface area contributed by atoms with Crippen LogP contribution in [0.4, 0.5) is 0 Å². The fourth-order valence-electron chi connectivity index (χ4n) is 4.22. The molecule has 0 bridgehead atoms. The number of hydrogen-bond donors (Lipinski definition) is 1. The van der Waals surface area contributed by atoms with Crippen molar-refractivity contribution >= 4 is 0 Å². The van der Waals surface area contributed by atoms with Crippen molar-refractivity contribution in [1.29, 1.82) is 0 Å². The largest absolute Gasteiger partial charge is 0.317 e. The molecule has 5 nitrogen and oxygen atoms in total. The topological polar surface area (TPSA) is 25.0 Å². The molecule has 0 aromatic rings. The summed E-state index contributed by atoms with van der Waals surface area (Å²) in [4.78, 5) is 10.6. The summed E-state index contributed by atoms with van der Waals surface area (Å²) in [5.41, 5.74) is 0. The average Bonchev–Trinajstić information content (AvgIpc) is 2.71. The van der Waals surface area contributed by atoms with Crippen LogP contribution in [-0.2, 0) is 0 Å². The second kappa shape index (κ2) is 14.7. The summed E-state index contributed by atoms with van der Waals surface area (Å²) in [5.74, 6) is 0. The van der Waals surface area contributed by atoms with Gasteiger partial charge in [0.05, 0.1) is 0 Å². The van der Waals surface area contributed by atoms with Crippen LogP contribution in [0.2, 0.25) is 0 Å². The molecule has 0 atom stereocenters. The highest BCUT2D eigenvalue weighted by atomic mass is 15.3. The lowest BCUT2D eigenvalue weighted by molar-refractivity contribution is 0.128. The number of nitrogens with zero attached hydrogens (tertiary/aromatic N) is 4. The summed E-state index contributed by atoms with van der Waals surface area (Å²) in [7, 11) is 0. The minimum Gasteiger partial charge on any atom is -0.317 e. The molecule has 2 rings (SSSR count). The lowest BCUT2D eigenvalue weighted by Crippen LogP contribution is -2.47. The van der Waals surface area contributed by atoms with Crippen molar-refractivity contribution in [2.45, 2.75) is 52.4 Å². The Morgan fingerprint density at radius 1 is 0.481 bits per heavy atom. The van der Waals surface area contributed by atoms with Crippen LogP contribution in [0.3, 0.4) is 0 Å². The monoisotopic (exact) mass is 381 g/mol. The van der Waals surface area contributed by atoms with Crippen LogP contribution in [0.15, 0.2) is 0 Å². The lowest BCUT2D eigenvalue weighted by Gasteiger charge is -2.35. The van der Waals surface area contributed by atoms with E-state index in [2.05, 4.69) is 38.8 Å². The smallest absolute Gasteiger partial charge is 0.0110 e. The molecule has 1 N–H and O–H groups in total. The highest BCUT2D eigenvalue weighted by Crippen LogP contribution is 2.05. The molecule has 0 saturated carbocycles. The Bertz CT molecular complexity index is 304.